The van der Waals surface area contributed by atoms with Crippen molar-refractivity contribution in [2.75, 3.05) is 6.61 Å². The van der Waals surface area contributed by atoms with Gasteiger partial charge in [-0.3, -0.25) is 0 Å². The average molecular weight is 129 g/mol. The van der Waals surface area contributed by atoms with E-state index in [0.29, 0.717) is 0 Å². The second-order valence-electron chi connectivity index (χ2n) is 1.99. The van der Waals surface area contributed by atoms with Gasteiger partial charge in [0.1, 0.15) is 0 Å². The molecule has 0 aromatic rings. The van der Waals surface area contributed by atoms with Crippen LogP contribution in [0, 0.1) is 0 Å². The molecular formula is C7H15NO. The Kier molecular flexibility index (Phi) is 5.57. The van der Waals surface area contributed by atoms with E-state index in [4.69, 9.17) is 4.84 Å². The third-order valence-corrected chi connectivity index (χ3v) is 0.929. The van der Waals surface area contributed by atoms with Crippen LogP contribution < -0.4 is 5.48 Å². The van der Waals surface area contributed by atoms with Crippen molar-refractivity contribution in [3.8, 4) is 0 Å². The summed E-state index contributed by atoms with van der Waals surface area (Å²) in [6.07, 6.45) is 2.84. The van der Waals surface area contributed by atoms with Gasteiger partial charge in [-0.25, -0.2) is 0 Å². The molecule has 2 heteroatoms. The quantitative estimate of drug-likeness (QED) is 0.345. The molecule has 54 valence electrons. The van der Waals surface area contributed by atoms with Crippen molar-refractivity contribution in [1.29, 1.82) is 0 Å². The SMILES string of the molecule is C=CC(C)NOCCC. The molecule has 0 heterocycles. The van der Waals surface area contributed by atoms with Gasteiger partial charge in [-0.15, -0.1) is 6.58 Å². The minimum absolute atomic E-state index is 0.247. The van der Waals surface area contributed by atoms with E-state index in [1.807, 2.05) is 6.92 Å². The van der Waals surface area contributed by atoms with Crippen molar-refractivity contribution >= 4 is 0 Å². The molecule has 0 spiro atoms. The van der Waals surface area contributed by atoms with Crippen molar-refractivity contribution in [1.82, 2.24) is 5.48 Å². The highest BCUT2D eigenvalue weighted by Gasteiger charge is 1.90. The summed E-state index contributed by atoms with van der Waals surface area (Å²) in [6.45, 7) is 8.42. The molecule has 0 aromatic heterocycles. The molecule has 0 saturated heterocycles. The third-order valence-electron chi connectivity index (χ3n) is 0.929. The second kappa shape index (κ2) is 5.79. The third kappa shape index (κ3) is 5.53. The Bertz CT molecular complexity index is 73.3. The van der Waals surface area contributed by atoms with Gasteiger partial charge in [0.2, 0.25) is 0 Å². The van der Waals surface area contributed by atoms with E-state index in [0.717, 1.165) is 13.0 Å². The van der Waals surface area contributed by atoms with Crippen LogP contribution in [0.2, 0.25) is 0 Å². The lowest BCUT2D eigenvalue weighted by Gasteiger charge is -2.07. The van der Waals surface area contributed by atoms with Gasteiger partial charge < -0.3 is 4.84 Å². The van der Waals surface area contributed by atoms with Gasteiger partial charge >= 0.3 is 0 Å². The van der Waals surface area contributed by atoms with Crippen LogP contribution >= 0.6 is 0 Å². The minimum Gasteiger partial charge on any atom is -0.301 e. The maximum absolute atomic E-state index is 5.01. The van der Waals surface area contributed by atoms with Crippen molar-refractivity contribution in [2.45, 2.75) is 26.3 Å². The van der Waals surface area contributed by atoms with Crippen LogP contribution in [0.15, 0.2) is 12.7 Å². The van der Waals surface area contributed by atoms with Crippen LogP contribution in [0.4, 0.5) is 0 Å². The lowest BCUT2D eigenvalue weighted by atomic mass is 10.4. The predicted molar refractivity (Wildman–Crippen MR) is 39.0 cm³/mol. The number of rotatable bonds is 5. The zero-order chi connectivity index (χ0) is 7.11. The Balaban J connectivity index is 2.96. The van der Waals surface area contributed by atoms with Crippen LogP contribution in [0.5, 0.6) is 0 Å². The van der Waals surface area contributed by atoms with E-state index in [9.17, 15) is 0 Å². The van der Waals surface area contributed by atoms with Crippen LogP contribution in [-0.2, 0) is 4.84 Å². The summed E-state index contributed by atoms with van der Waals surface area (Å²) in [5.41, 5.74) is 2.82. The predicted octanol–water partition coefficient (Wildman–Crippen LogP) is 1.49. The first kappa shape index (κ1) is 8.66. The first-order valence-corrected chi connectivity index (χ1v) is 3.31. The van der Waals surface area contributed by atoms with E-state index >= 15 is 0 Å². The zero-order valence-electron chi connectivity index (χ0n) is 6.18. The molecule has 0 aliphatic heterocycles. The summed E-state index contributed by atoms with van der Waals surface area (Å²) in [7, 11) is 0. The molecule has 1 N–H and O–H groups in total. The fourth-order valence-electron chi connectivity index (χ4n) is 0.341. The van der Waals surface area contributed by atoms with Gasteiger partial charge in [-0.05, 0) is 13.3 Å². The van der Waals surface area contributed by atoms with Crippen LogP contribution in [0.3, 0.4) is 0 Å². The Morgan fingerprint density at radius 1 is 1.78 bits per heavy atom. The second-order valence-corrected chi connectivity index (χ2v) is 1.99. The zero-order valence-corrected chi connectivity index (χ0v) is 6.18. The van der Waals surface area contributed by atoms with Crippen LogP contribution in [0.1, 0.15) is 20.3 Å². The molecule has 1 atom stereocenters. The molecule has 0 aliphatic carbocycles. The molecule has 0 aromatic carbocycles. The molecule has 2 nitrogen and oxygen atoms in total. The first-order valence-electron chi connectivity index (χ1n) is 3.31. The van der Waals surface area contributed by atoms with E-state index in [-0.39, 0.29) is 6.04 Å². The Labute approximate surface area is 56.9 Å². The molecule has 0 amide bonds. The molecule has 1 unspecified atom stereocenters. The van der Waals surface area contributed by atoms with E-state index in [1.54, 1.807) is 6.08 Å². The molecule has 9 heavy (non-hydrogen) atoms. The van der Waals surface area contributed by atoms with Crippen molar-refractivity contribution in [3.63, 3.8) is 0 Å². The molecule has 0 saturated carbocycles. The van der Waals surface area contributed by atoms with Gasteiger partial charge in [0, 0.05) is 6.04 Å². The number of hydrogen-bond donors (Lipinski definition) is 1. The minimum atomic E-state index is 0.247. The lowest BCUT2D eigenvalue weighted by molar-refractivity contribution is 0.0304. The van der Waals surface area contributed by atoms with Crippen molar-refractivity contribution < 1.29 is 4.84 Å². The monoisotopic (exact) mass is 129 g/mol. The highest BCUT2D eigenvalue weighted by molar-refractivity contribution is 4.77. The summed E-state index contributed by atoms with van der Waals surface area (Å²) in [5, 5.41) is 0. The topological polar surface area (TPSA) is 21.3 Å². The average Bonchev–Trinajstić information content (AvgIpc) is 1.89. The van der Waals surface area contributed by atoms with Gasteiger partial charge in [0.25, 0.3) is 0 Å². The van der Waals surface area contributed by atoms with E-state index in [1.165, 1.54) is 0 Å². The fourth-order valence-corrected chi connectivity index (χ4v) is 0.341. The van der Waals surface area contributed by atoms with Gasteiger partial charge in [0.05, 0.1) is 6.61 Å². The van der Waals surface area contributed by atoms with Crippen LogP contribution in [-0.4, -0.2) is 12.6 Å². The Hall–Kier alpha value is -0.340. The summed E-state index contributed by atoms with van der Waals surface area (Å²) in [4.78, 5) is 5.01. The maximum Gasteiger partial charge on any atom is 0.0679 e. The molecular weight excluding hydrogens is 114 g/mol. The normalized spacial score (nSPS) is 13.1. The van der Waals surface area contributed by atoms with Crippen LogP contribution in [0.25, 0.3) is 0 Å². The van der Waals surface area contributed by atoms with E-state index in [2.05, 4.69) is 19.0 Å². The molecule has 0 radical (unpaired) electrons. The van der Waals surface area contributed by atoms with Gasteiger partial charge in [-0.1, -0.05) is 13.0 Å². The summed E-state index contributed by atoms with van der Waals surface area (Å²) < 4.78 is 0. The summed E-state index contributed by atoms with van der Waals surface area (Å²) >= 11 is 0. The molecule has 0 aliphatic rings. The van der Waals surface area contributed by atoms with Crippen molar-refractivity contribution in [3.05, 3.63) is 12.7 Å². The Morgan fingerprint density at radius 3 is 2.89 bits per heavy atom. The molecule has 0 bridgehead atoms. The molecule has 0 rings (SSSR count). The number of hydrogen-bond acceptors (Lipinski definition) is 2. The van der Waals surface area contributed by atoms with Gasteiger partial charge in [-0.2, -0.15) is 5.48 Å². The standard InChI is InChI=1S/C7H15NO/c1-4-6-9-8-7(3)5-2/h5,7-8H,2,4,6H2,1,3H3. The maximum atomic E-state index is 5.01. The summed E-state index contributed by atoms with van der Waals surface area (Å²) in [6, 6.07) is 0.247. The number of hydroxylamine groups is 1. The largest absolute Gasteiger partial charge is 0.301 e. The number of nitrogens with one attached hydrogen (secondary N) is 1. The van der Waals surface area contributed by atoms with Crippen molar-refractivity contribution in [2.24, 2.45) is 0 Å². The van der Waals surface area contributed by atoms with Gasteiger partial charge in [0.15, 0.2) is 0 Å². The fraction of sp³-hybridized carbons (Fsp3) is 0.714. The first-order chi connectivity index (χ1) is 4.31. The Morgan fingerprint density at radius 2 is 2.44 bits per heavy atom. The highest BCUT2D eigenvalue weighted by Crippen LogP contribution is 1.82. The highest BCUT2D eigenvalue weighted by atomic mass is 16.6. The lowest BCUT2D eigenvalue weighted by Crippen LogP contribution is -2.24. The van der Waals surface area contributed by atoms with E-state index < -0.39 is 0 Å². The summed E-state index contributed by atoms with van der Waals surface area (Å²) in [5.74, 6) is 0. The molecule has 0 fully saturated rings. The smallest absolute Gasteiger partial charge is 0.0679 e.